The second kappa shape index (κ2) is 6.22. The number of ether oxygens (including phenoxy) is 1. The SMILES string of the molecule is COC(=O)C(C)CSCC=O. The third-order valence-corrected chi connectivity index (χ3v) is 2.26. The first kappa shape index (κ1) is 10.5. The molecule has 0 rings (SSSR count). The maximum Gasteiger partial charge on any atom is 0.309 e. The van der Waals surface area contributed by atoms with E-state index in [0.29, 0.717) is 11.5 Å². The predicted molar refractivity (Wildman–Crippen MR) is 44.6 cm³/mol. The summed E-state index contributed by atoms with van der Waals surface area (Å²) >= 11 is 1.44. The second-order valence-electron chi connectivity index (χ2n) is 2.13. The summed E-state index contributed by atoms with van der Waals surface area (Å²) in [7, 11) is 1.36. The molecule has 0 aliphatic heterocycles. The fraction of sp³-hybridized carbons (Fsp3) is 0.714. The summed E-state index contributed by atoms with van der Waals surface area (Å²) in [4.78, 5) is 20.7. The first-order valence-corrected chi connectivity index (χ1v) is 4.47. The van der Waals surface area contributed by atoms with Crippen molar-refractivity contribution in [2.45, 2.75) is 6.92 Å². The molecule has 0 radical (unpaired) electrons. The van der Waals surface area contributed by atoms with Crippen molar-refractivity contribution in [2.24, 2.45) is 5.92 Å². The fourth-order valence-electron chi connectivity index (χ4n) is 0.562. The van der Waals surface area contributed by atoms with Gasteiger partial charge in [-0.3, -0.25) is 4.79 Å². The van der Waals surface area contributed by atoms with Crippen LogP contribution in [0, 0.1) is 5.92 Å². The monoisotopic (exact) mass is 176 g/mol. The largest absolute Gasteiger partial charge is 0.469 e. The van der Waals surface area contributed by atoms with Crippen molar-refractivity contribution in [1.82, 2.24) is 0 Å². The summed E-state index contributed by atoms with van der Waals surface area (Å²) < 4.78 is 4.50. The molecule has 0 saturated carbocycles. The van der Waals surface area contributed by atoms with Crippen LogP contribution in [0.3, 0.4) is 0 Å². The van der Waals surface area contributed by atoms with Gasteiger partial charge in [-0.1, -0.05) is 6.92 Å². The molecular weight excluding hydrogens is 164 g/mol. The van der Waals surface area contributed by atoms with Gasteiger partial charge >= 0.3 is 5.97 Å². The molecule has 0 heterocycles. The van der Waals surface area contributed by atoms with Crippen LogP contribution in [0.2, 0.25) is 0 Å². The fourth-order valence-corrected chi connectivity index (χ4v) is 1.28. The average molecular weight is 176 g/mol. The molecule has 0 bridgehead atoms. The van der Waals surface area contributed by atoms with Gasteiger partial charge in [-0.25, -0.2) is 0 Å². The van der Waals surface area contributed by atoms with Gasteiger partial charge in [0.15, 0.2) is 0 Å². The molecule has 4 heteroatoms. The van der Waals surface area contributed by atoms with E-state index in [2.05, 4.69) is 4.74 Å². The molecule has 64 valence electrons. The van der Waals surface area contributed by atoms with Crippen LogP contribution in [-0.2, 0) is 14.3 Å². The Morgan fingerprint density at radius 3 is 2.82 bits per heavy atom. The molecule has 1 atom stereocenters. The second-order valence-corrected chi connectivity index (χ2v) is 3.20. The quantitative estimate of drug-likeness (QED) is 0.352. The van der Waals surface area contributed by atoms with E-state index in [1.807, 2.05) is 0 Å². The molecule has 11 heavy (non-hydrogen) atoms. The Morgan fingerprint density at radius 1 is 1.73 bits per heavy atom. The summed E-state index contributed by atoms with van der Waals surface area (Å²) in [5.74, 6) is 0.751. The highest BCUT2D eigenvalue weighted by Gasteiger charge is 2.11. The Morgan fingerprint density at radius 2 is 2.36 bits per heavy atom. The minimum absolute atomic E-state index is 0.120. The number of methoxy groups -OCH3 is 1. The lowest BCUT2D eigenvalue weighted by Crippen LogP contribution is -2.15. The molecule has 0 aliphatic carbocycles. The van der Waals surface area contributed by atoms with Crippen molar-refractivity contribution in [2.75, 3.05) is 18.6 Å². The van der Waals surface area contributed by atoms with Crippen LogP contribution in [-0.4, -0.2) is 30.9 Å². The van der Waals surface area contributed by atoms with Gasteiger partial charge in [-0.2, -0.15) is 11.8 Å². The smallest absolute Gasteiger partial charge is 0.309 e. The normalized spacial score (nSPS) is 12.2. The number of rotatable bonds is 5. The van der Waals surface area contributed by atoms with Crippen molar-refractivity contribution in [3.63, 3.8) is 0 Å². The van der Waals surface area contributed by atoms with Gasteiger partial charge in [0.2, 0.25) is 0 Å². The van der Waals surface area contributed by atoms with Crippen molar-refractivity contribution in [1.29, 1.82) is 0 Å². The number of carbonyl (C=O) groups is 2. The van der Waals surface area contributed by atoms with Crippen molar-refractivity contribution >= 4 is 24.0 Å². The first-order chi connectivity index (χ1) is 5.22. The van der Waals surface area contributed by atoms with Crippen LogP contribution >= 0.6 is 11.8 Å². The summed E-state index contributed by atoms with van der Waals surface area (Å²) in [6.45, 7) is 1.78. The average Bonchev–Trinajstić information content (AvgIpc) is 2.03. The molecule has 0 aromatic heterocycles. The van der Waals surface area contributed by atoms with E-state index < -0.39 is 0 Å². The molecule has 0 N–H and O–H groups in total. The van der Waals surface area contributed by atoms with Crippen molar-refractivity contribution < 1.29 is 14.3 Å². The molecule has 0 spiro atoms. The summed E-state index contributed by atoms with van der Waals surface area (Å²) in [5, 5.41) is 0. The summed E-state index contributed by atoms with van der Waals surface area (Å²) in [5.41, 5.74) is 0. The van der Waals surface area contributed by atoms with Crippen LogP contribution in [0.4, 0.5) is 0 Å². The van der Waals surface area contributed by atoms with Gasteiger partial charge in [0.05, 0.1) is 13.0 Å². The maximum atomic E-state index is 10.8. The Balaban J connectivity index is 3.43. The Hall–Kier alpha value is -0.510. The number of hydrogen-bond acceptors (Lipinski definition) is 4. The highest BCUT2D eigenvalue weighted by Crippen LogP contribution is 2.07. The Labute approximate surface area is 70.5 Å². The van der Waals surface area contributed by atoms with Gasteiger partial charge < -0.3 is 9.53 Å². The maximum absolute atomic E-state index is 10.8. The zero-order chi connectivity index (χ0) is 8.69. The minimum atomic E-state index is -0.219. The third-order valence-electron chi connectivity index (χ3n) is 1.16. The standard InChI is InChI=1S/C7H12O3S/c1-6(7(9)10-2)5-11-4-3-8/h3,6H,4-5H2,1-2H3. The number of thioether (sulfide) groups is 1. The molecule has 0 aliphatic rings. The van der Waals surface area contributed by atoms with Crippen LogP contribution < -0.4 is 0 Å². The van der Waals surface area contributed by atoms with Gasteiger partial charge in [0.25, 0.3) is 0 Å². The molecule has 0 aromatic rings. The molecule has 1 unspecified atom stereocenters. The summed E-state index contributed by atoms with van der Waals surface area (Å²) in [6.07, 6.45) is 0.828. The number of hydrogen-bond donors (Lipinski definition) is 0. The lowest BCUT2D eigenvalue weighted by molar-refractivity contribution is -0.144. The van der Waals surface area contributed by atoms with E-state index in [4.69, 9.17) is 0 Å². The van der Waals surface area contributed by atoms with Gasteiger partial charge in [0.1, 0.15) is 6.29 Å². The van der Waals surface area contributed by atoms with Crippen molar-refractivity contribution in [3.05, 3.63) is 0 Å². The molecule has 0 saturated heterocycles. The van der Waals surface area contributed by atoms with Crippen LogP contribution in [0.25, 0.3) is 0 Å². The topological polar surface area (TPSA) is 43.4 Å². The van der Waals surface area contributed by atoms with Crippen LogP contribution in [0.5, 0.6) is 0 Å². The van der Waals surface area contributed by atoms with Gasteiger partial charge in [-0.05, 0) is 0 Å². The zero-order valence-corrected chi connectivity index (χ0v) is 7.52. The van der Waals surface area contributed by atoms with Crippen LogP contribution in [0.15, 0.2) is 0 Å². The minimum Gasteiger partial charge on any atom is -0.469 e. The third kappa shape index (κ3) is 4.84. The summed E-state index contributed by atoms with van der Waals surface area (Å²) in [6, 6.07) is 0. The molecule has 0 fully saturated rings. The van der Waals surface area contributed by atoms with E-state index in [1.165, 1.54) is 18.9 Å². The van der Waals surface area contributed by atoms with Crippen molar-refractivity contribution in [3.8, 4) is 0 Å². The number of esters is 1. The molecule has 3 nitrogen and oxygen atoms in total. The van der Waals surface area contributed by atoms with E-state index in [1.54, 1.807) is 6.92 Å². The highest BCUT2D eigenvalue weighted by molar-refractivity contribution is 7.99. The van der Waals surface area contributed by atoms with E-state index in [-0.39, 0.29) is 11.9 Å². The van der Waals surface area contributed by atoms with Gasteiger partial charge in [0, 0.05) is 11.5 Å². The molecule has 0 amide bonds. The van der Waals surface area contributed by atoms with E-state index >= 15 is 0 Å². The van der Waals surface area contributed by atoms with Crippen LogP contribution in [0.1, 0.15) is 6.92 Å². The first-order valence-electron chi connectivity index (χ1n) is 3.31. The lowest BCUT2D eigenvalue weighted by atomic mass is 10.2. The predicted octanol–water partition coefficient (Wildman–Crippen LogP) is 0.728. The molecular formula is C7H12O3S. The Bertz CT molecular complexity index is 136. The number of carbonyl (C=O) groups excluding carboxylic acids is 2. The lowest BCUT2D eigenvalue weighted by Gasteiger charge is -2.06. The van der Waals surface area contributed by atoms with Gasteiger partial charge in [-0.15, -0.1) is 0 Å². The van der Waals surface area contributed by atoms with E-state index in [9.17, 15) is 9.59 Å². The zero-order valence-electron chi connectivity index (χ0n) is 6.70. The van der Waals surface area contributed by atoms with E-state index in [0.717, 1.165) is 6.29 Å². The number of aldehydes is 1. The highest BCUT2D eigenvalue weighted by atomic mass is 32.2. The molecule has 0 aromatic carbocycles. The Kier molecular flexibility index (Phi) is 5.93.